The number of carboxylic acid groups (broad SMARTS) is 1. The number of rotatable bonds is 3. The monoisotopic (exact) mass is 376 g/mol. The summed E-state index contributed by atoms with van der Waals surface area (Å²) in [5.41, 5.74) is 0. The summed E-state index contributed by atoms with van der Waals surface area (Å²) in [7, 11) is 0. The van der Waals surface area contributed by atoms with E-state index in [0.717, 1.165) is 11.3 Å². The third-order valence-electron chi connectivity index (χ3n) is 3.19. The van der Waals surface area contributed by atoms with Crippen LogP contribution in [0.25, 0.3) is 0 Å². The molecule has 1 aromatic rings. The molecule has 9 heteroatoms. The van der Waals surface area contributed by atoms with Gasteiger partial charge in [-0.15, -0.1) is 11.3 Å². The van der Waals surface area contributed by atoms with Crippen molar-refractivity contribution in [2.45, 2.75) is 6.42 Å². The van der Waals surface area contributed by atoms with Crippen molar-refractivity contribution in [1.82, 2.24) is 9.80 Å². The van der Waals surface area contributed by atoms with Crippen molar-refractivity contribution in [3.63, 3.8) is 0 Å². The van der Waals surface area contributed by atoms with E-state index in [0.29, 0.717) is 4.47 Å². The van der Waals surface area contributed by atoms with Crippen LogP contribution < -0.4 is 0 Å². The summed E-state index contributed by atoms with van der Waals surface area (Å²) in [5.74, 6) is -0.934. The Morgan fingerprint density at radius 1 is 1.19 bits per heavy atom. The maximum atomic E-state index is 12.0. The van der Waals surface area contributed by atoms with Crippen molar-refractivity contribution in [3.8, 4) is 5.75 Å². The Morgan fingerprint density at radius 3 is 2.24 bits per heavy atom. The summed E-state index contributed by atoms with van der Waals surface area (Å²) in [6.45, 7) is 1.03. The molecule has 7 nitrogen and oxygen atoms in total. The quantitative estimate of drug-likeness (QED) is 0.616. The zero-order valence-electron chi connectivity index (χ0n) is 10.9. The number of amides is 2. The number of halogens is 1. The SMILES string of the molecule is O=C(CC(=O)N1CCN(C(=O)O)CC1)c1scc(Br)c1O. The van der Waals surface area contributed by atoms with Crippen LogP contribution in [0.1, 0.15) is 16.1 Å². The Morgan fingerprint density at radius 2 is 1.76 bits per heavy atom. The Kier molecular flexibility index (Phi) is 4.84. The number of thiophene rings is 1. The minimum absolute atomic E-state index is 0.145. The van der Waals surface area contributed by atoms with E-state index in [1.807, 2.05) is 0 Å². The molecule has 2 rings (SSSR count). The average molecular weight is 377 g/mol. The highest BCUT2D eigenvalue weighted by Gasteiger charge is 2.26. The number of piperazine rings is 1. The van der Waals surface area contributed by atoms with Gasteiger partial charge in [-0.05, 0) is 15.9 Å². The minimum Gasteiger partial charge on any atom is -0.505 e. The van der Waals surface area contributed by atoms with E-state index < -0.39 is 11.9 Å². The van der Waals surface area contributed by atoms with E-state index in [1.165, 1.54) is 9.80 Å². The Labute approximate surface area is 132 Å². The van der Waals surface area contributed by atoms with Gasteiger partial charge in [-0.3, -0.25) is 9.59 Å². The third kappa shape index (κ3) is 3.53. The van der Waals surface area contributed by atoms with E-state index in [1.54, 1.807) is 5.38 Å². The standard InChI is InChI=1S/C12H13BrN2O5S/c13-7-6-21-11(10(7)18)8(16)5-9(17)14-1-3-15(4-2-14)12(19)20/h6,18H,1-5H2,(H,19,20). The Hall–Kier alpha value is -1.61. The van der Waals surface area contributed by atoms with Crippen molar-refractivity contribution in [2.75, 3.05) is 26.2 Å². The van der Waals surface area contributed by atoms with E-state index in [2.05, 4.69) is 15.9 Å². The fourth-order valence-electron chi connectivity index (χ4n) is 2.01. The summed E-state index contributed by atoms with van der Waals surface area (Å²) in [6, 6.07) is 0. The second-order valence-electron chi connectivity index (χ2n) is 4.51. The zero-order valence-corrected chi connectivity index (χ0v) is 13.3. The van der Waals surface area contributed by atoms with Crippen LogP contribution in [0, 0.1) is 0 Å². The molecule has 21 heavy (non-hydrogen) atoms. The highest BCUT2D eigenvalue weighted by atomic mass is 79.9. The molecule has 2 N–H and O–H groups in total. The van der Waals surface area contributed by atoms with E-state index in [9.17, 15) is 19.5 Å². The molecule has 0 unspecified atom stereocenters. The van der Waals surface area contributed by atoms with Crippen LogP contribution in [0.5, 0.6) is 5.75 Å². The summed E-state index contributed by atoms with van der Waals surface area (Å²) in [6.07, 6.45) is -1.33. The lowest BCUT2D eigenvalue weighted by Crippen LogP contribution is -2.50. The lowest BCUT2D eigenvalue weighted by molar-refractivity contribution is -0.131. The molecule has 0 saturated carbocycles. The largest absolute Gasteiger partial charge is 0.505 e. The molecule has 1 aliphatic rings. The molecule has 1 fully saturated rings. The topological polar surface area (TPSA) is 98.2 Å². The highest BCUT2D eigenvalue weighted by Crippen LogP contribution is 2.34. The van der Waals surface area contributed by atoms with Gasteiger partial charge in [0.15, 0.2) is 11.5 Å². The van der Waals surface area contributed by atoms with E-state index in [-0.39, 0.29) is 49.1 Å². The molecule has 0 aliphatic carbocycles. The average Bonchev–Trinajstić information content (AvgIpc) is 2.79. The second kappa shape index (κ2) is 6.44. The van der Waals surface area contributed by atoms with Gasteiger partial charge in [0.25, 0.3) is 0 Å². The van der Waals surface area contributed by atoms with Gasteiger partial charge in [0.2, 0.25) is 5.91 Å². The van der Waals surface area contributed by atoms with Crippen LogP contribution in [-0.4, -0.2) is 64.0 Å². The van der Waals surface area contributed by atoms with Crippen LogP contribution in [0.2, 0.25) is 0 Å². The van der Waals surface area contributed by atoms with Crippen LogP contribution in [0.3, 0.4) is 0 Å². The molecule has 2 heterocycles. The molecule has 0 atom stereocenters. The summed E-state index contributed by atoms with van der Waals surface area (Å²) < 4.78 is 0.429. The summed E-state index contributed by atoms with van der Waals surface area (Å²) in [5, 5.41) is 20.1. The van der Waals surface area contributed by atoms with Gasteiger partial charge < -0.3 is 20.0 Å². The summed E-state index contributed by atoms with van der Waals surface area (Å²) in [4.78, 5) is 37.6. The zero-order chi connectivity index (χ0) is 15.6. The normalized spacial score (nSPS) is 15.1. The molecule has 0 bridgehead atoms. The number of hydrogen-bond acceptors (Lipinski definition) is 5. The lowest BCUT2D eigenvalue weighted by Gasteiger charge is -2.33. The number of Topliss-reactive ketones (excluding diaryl/α,β-unsaturated/α-hetero) is 1. The number of ketones is 1. The number of carbonyl (C=O) groups is 3. The first-order valence-electron chi connectivity index (χ1n) is 6.15. The molecule has 1 aliphatic heterocycles. The van der Waals surface area contributed by atoms with Crippen molar-refractivity contribution < 1.29 is 24.6 Å². The number of aromatic hydroxyl groups is 1. The predicted molar refractivity (Wildman–Crippen MR) is 78.8 cm³/mol. The maximum Gasteiger partial charge on any atom is 0.407 e. The number of carbonyl (C=O) groups excluding carboxylic acids is 2. The van der Waals surface area contributed by atoms with Crippen molar-refractivity contribution >= 4 is 45.1 Å². The molecule has 2 amide bonds. The van der Waals surface area contributed by atoms with Gasteiger partial charge in [0.05, 0.1) is 10.9 Å². The van der Waals surface area contributed by atoms with Crippen molar-refractivity contribution in [1.29, 1.82) is 0 Å². The van der Waals surface area contributed by atoms with Crippen LogP contribution in [0.15, 0.2) is 9.85 Å². The molecule has 0 aromatic carbocycles. The van der Waals surface area contributed by atoms with Gasteiger partial charge in [-0.1, -0.05) is 0 Å². The Balaban J connectivity index is 1.92. The highest BCUT2D eigenvalue weighted by molar-refractivity contribution is 9.10. The van der Waals surface area contributed by atoms with Crippen LogP contribution in [-0.2, 0) is 4.79 Å². The fourth-order valence-corrected chi connectivity index (χ4v) is 3.37. The van der Waals surface area contributed by atoms with Gasteiger partial charge in [-0.25, -0.2) is 4.79 Å². The Bertz CT molecular complexity index is 580. The summed E-state index contributed by atoms with van der Waals surface area (Å²) >= 11 is 4.17. The number of nitrogens with zero attached hydrogens (tertiary/aromatic N) is 2. The number of hydrogen-bond donors (Lipinski definition) is 2. The van der Waals surface area contributed by atoms with E-state index in [4.69, 9.17) is 5.11 Å². The van der Waals surface area contributed by atoms with Gasteiger partial charge in [0, 0.05) is 31.6 Å². The third-order valence-corrected chi connectivity index (χ3v) is 5.11. The lowest BCUT2D eigenvalue weighted by atomic mass is 10.2. The van der Waals surface area contributed by atoms with Crippen molar-refractivity contribution in [2.24, 2.45) is 0 Å². The van der Waals surface area contributed by atoms with Crippen LogP contribution >= 0.6 is 27.3 Å². The van der Waals surface area contributed by atoms with E-state index >= 15 is 0 Å². The maximum absolute atomic E-state index is 12.0. The molecule has 0 spiro atoms. The first-order chi connectivity index (χ1) is 9.90. The van der Waals surface area contributed by atoms with Crippen LogP contribution in [0.4, 0.5) is 4.79 Å². The van der Waals surface area contributed by atoms with Gasteiger partial charge in [0.1, 0.15) is 4.88 Å². The second-order valence-corrected chi connectivity index (χ2v) is 6.25. The van der Waals surface area contributed by atoms with Gasteiger partial charge in [-0.2, -0.15) is 0 Å². The fraction of sp³-hybridized carbons (Fsp3) is 0.417. The molecule has 1 saturated heterocycles. The first-order valence-corrected chi connectivity index (χ1v) is 7.82. The van der Waals surface area contributed by atoms with Crippen molar-refractivity contribution in [3.05, 3.63) is 14.7 Å². The first kappa shape index (κ1) is 15.8. The molecular formula is C12H13BrN2O5S. The smallest absolute Gasteiger partial charge is 0.407 e. The molecule has 1 aromatic heterocycles. The predicted octanol–water partition coefficient (Wildman–Crippen LogP) is 1.61. The molecule has 0 radical (unpaired) electrons. The minimum atomic E-state index is -1.01. The molecule has 114 valence electrons. The molecular weight excluding hydrogens is 364 g/mol. The van der Waals surface area contributed by atoms with Gasteiger partial charge >= 0.3 is 6.09 Å².